The van der Waals surface area contributed by atoms with Gasteiger partial charge in [-0.25, -0.2) is 0 Å². The van der Waals surface area contributed by atoms with Gasteiger partial charge in [-0.3, -0.25) is 4.79 Å². The number of carbonyl (C=O) groups excluding carboxylic acids is 1. The van der Waals surface area contributed by atoms with Crippen LogP contribution in [-0.4, -0.2) is 18.0 Å². The van der Waals surface area contributed by atoms with E-state index in [2.05, 4.69) is 10.6 Å². The van der Waals surface area contributed by atoms with Crippen LogP contribution in [0.3, 0.4) is 0 Å². The van der Waals surface area contributed by atoms with Gasteiger partial charge in [-0.05, 0) is 48.9 Å². The zero-order chi connectivity index (χ0) is 15.2. The SMILES string of the molecule is COc1ccc(NC(=O)C(=S)Nc2cccc(C)c2)cc1. The maximum absolute atomic E-state index is 12.0. The molecule has 21 heavy (non-hydrogen) atoms. The van der Waals surface area contributed by atoms with E-state index in [1.165, 1.54) is 0 Å². The number of aryl methyl sites for hydroxylation is 1. The summed E-state index contributed by atoms with van der Waals surface area (Å²) in [6.07, 6.45) is 0. The largest absolute Gasteiger partial charge is 0.497 e. The highest BCUT2D eigenvalue weighted by atomic mass is 32.1. The standard InChI is InChI=1S/C16H16N2O2S/c1-11-4-3-5-13(10-11)18-16(21)15(19)17-12-6-8-14(20-2)9-7-12/h3-10H,1-2H3,(H,17,19)(H,18,21). The Morgan fingerprint density at radius 1 is 1.05 bits per heavy atom. The van der Waals surface area contributed by atoms with Gasteiger partial charge < -0.3 is 15.4 Å². The van der Waals surface area contributed by atoms with Gasteiger partial charge in [0, 0.05) is 11.4 Å². The zero-order valence-electron chi connectivity index (χ0n) is 11.8. The topological polar surface area (TPSA) is 50.4 Å². The summed E-state index contributed by atoms with van der Waals surface area (Å²) in [5.41, 5.74) is 2.55. The molecule has 0 atom stereocenters. The number of anilines is 2. The van der Waals surface area contributed by atoms with E-state index in [9.17, 15) is 4.79 Å². The Morgan fingerprint density at radius 3 is 2.38 bits per heavy atom. The highest BCUT2D eigenvalue weighted by Crippen LogP contribution is 2.15. The molecular formula is C16H16N2O2S. The molecule has 4 nitrogen and oxygen atoms in total. The number of hydrogen-bond donors (Lipinski definition) is 2. The first-order valence-corrected chi connectivity index (χ1v) is 6.82. The third kappa shape index (κ3) is 4.29. The Kier molecular flexibility index (Phi) is 4.90. The van der Waals surface area contributed by atoms with E-state index in [4.69, 9.17) is 17.0 Å². The van der Waals surface area contributed by atoms with Crippen molar-refractivity contribution in [2.75, 3.05) is 17.7 Å². The lowest BCUT2D eigenvalue weighted by molar-refractivity contribution is -0.110. The van der Waals surface area contributed by atoms with E-state index >= 15 is 0 Å². The van der Waals surface area contributed by atoms with Crippen LogP contribution in [-0.2, 0) is 4.79 Å². The Hall–Kier alpha value is -2.40. The molecule has 0 saturated carbocycles. The molecule has 0 radical (unpaired) electrons. The Bertz CT molecular complexity index is 654. The van der Waals surface area contributed by atoms with Crippen molar-refractivity contribution in [3.8, 4) is 5.75 Å². The van der Waals surface area contributed by atoms with Gasteiger partial charge >= 0.3 is 0 Å². The van der Waals surface area contributed by atoms with E-state index in [1.54, 1.807) is 31.4 Å². The van der Waals surface area contributed by atoms with Crippen LogP contribution in [0.2, 0.25) is 0 Å². The van der Waals surface area contributed by atoms with Gasteiger partial charge in [0.2, 0.25) is 0 Å². The van der Waals surface area contributed by atoms with Crippen LogP contribution in [0.25, 0.3) is 0 Å². The number of amides is 1. The molecule has 2 aromatic carbocycles. The van der Waals surface area contributed by atoms with Crippen LogP contribution >= 0.6 is 12.2 Å². The number of ether oxygens (including phenoxy) is 1. The summed E-state index contributed by atoms with van der Waals surface area (Å²) in [4.78, 5) is 12.1. The van der Waals surface area contributed by atoms with Crippen molar-refractivity contribution in [1.29, 1.82) is 0 Å². The summed E-state index contributed by atoms with van der Waals surface area (Å²) in [5.74, 6) is 0.380. The summed E-state index contributed by atoms with van der Waals surface area (Å²) < 4.78 is 5.06. The molecule has 0 aliphatic rings. The molecule has 0 saturated heterocycles. The number of methoxy groups -OCH3 is 1. The van der Waals surface area contributed by atoms with Crippen molar-refractivity contribution in [3.63, 3.8) is 0 Å². The molecule has 0 bridgehead atoms. The second-order valence-electron chi connectivity index (χ2n) is 4.51. The molecule has 0 heterocycles. The highest BCUT2D eigenvalue weighted by molar-refractivity contribution is 7.82. The van der Waals surface area contributed by atoms with E-state index in [-0.39, 0.29) is 10.9 Å². The van der Waals surface area contributed by atoms with Gasteiger partial charge in [-0.1, -0.05) is 24.4 Å². The molecule has 0 fully saturated rings. The monoisotopic (exact) mass is 300 g/mol. The van der Waals surface area contributed by atoms with Crippen molar-refractivity contribution >= 4 is 34.5 Å². The maximum Gasteiger partial charge on any atom is 0.283 e. The molecule has 0 aliphatic carbocycles. The summed E-state index contributed by atoms with van der Waals surface area (Å²) in [5, 5.41) is 5.65. The van der Waals surface area contributed by atoms with E-state index in [0.29, 0.717) is 5.69 Å². The van der Waals surface area contributed by atoms with Gasteiger partial charge in [-0.2, -0.15) is 0 Å². The van der Waals surface area contributed by atoms with Gasteiger partial charge in [0.25, 0.3) is 5.91 Å². The van der Waals surface area contributed by atoms with Crippen molar-refractivity contribution < 1.29 is 9.53 Å². The molecular weight excluding hydrogens is 284 g/mol. The summed E-state index contributed by atoms with van der Waals surface area (Å²) in [7, 11) is 1.59. The van der Waals surface area contributed by atoms with Gasteiger partial charge in [0.1, 0.15) is 5.75 Å². The van der Waals surface area contributed by atoms with E-state index in [1.807, 2.05) is 31.2 Å². The van der Waals surface area contributed by atoms with Crippen LogP contribution in [0.4, 0.5) is 11.4 Å². The minimum absolute atomic E-state index is 0.122. The first-order chi connectivity index (χ1) is 10.1. The third-order valence-electron chi connectivity index (χ3n) is 2.83. The smallest absolute Gasteiger partial charge is 0.283 e. The maximum atomic E-state index is 12.0. The number of thiocarbonyl (C=S) groups is 1. The van der Waals surface area contributed by atoms with E-state index < -0.39 is 0 Å². The summed E-state index contributed by atoms with van der Waals surface area (Å²) in [6.45, 7) is 1.98. The summed E-state index contributed by atoms with van der Waals surface area (Å²) >= 11 is 5.10. The predicted molar refractivity (Wildman–Crippen MR) is 89.0 cm³/mol. The zero-order valence-corrected chi connectivity index (χ0v) is 12.7. The Balaban J connectivity index is 1.97. The molecule has 2 aromatic rings. The average molecular weight is 300 g/mol. The number of hydrogen-bond acceptors (Lipinski definition) is 3. The minimum atomic E-state index is -0.350. The number of carbonyl (C=O) groups is 1. The number of rotatable bonds is 3. The van der Waals surface area contributed by atoms with Crippen LogP contribution in [0, 0.1) is 6.92 Å². The van der Waals surface area contributed by atoms with Crippen molar-refractivity contribution in [3.05, 3.63) is 54.1 Å². The van der Waals surface area contributed by atoms with Gasteiger partial charge in [-0.15, -0.1) is 0 Å². The lowest BCUT2D eigenvalue weighted by Gasteiger charge is -2.09. The summed E-state index contributed by atoms with van der Waals surface area (Å²) in [6, 6.07) is 14.7. The van der Waals surface area contributed by atoms with Crippen LogP contribution in [0.1, 0.15) is 5.56 Å². The Labute approximate surface area is 129 Å². The third-order valence-corrected chi connectivity index (χ3v) is 3.12. The fourth-order valence-corrected chi connectivity index (χ4v) is 1.94. The molecule has 1 amide bonds. The lowest BCUT2D eigenvalue weighted by Crippen LogP contribution is -2.27. The first kappa shape index (κ1) is 15.0. The molecule has 0 spiro atoms. The molecule has 5 heteroatoms. The van der Waals surface area contributed by atoms with Gasteiger partial charge in [0.15, 0.2) is 4.99 Å². The van der Waals surface area contributed by atoms with Crippen LogP contribution in [0.5, 0.6) is 5.75 Å². The predicted octanol–water partition coefficient (Wildman–Crippen LogP) is 3.38. The second kappa shape index (κ2) is 6.85. The van der Waals surface area contributed by atoms with E-state index in [0.717, 1.165) is 17.0 Å². The lowest BCUT2D eigenvalue weighted by atomic mass is 10.2. The highest BCUT2D eigenvalue weighted by Gasteiger charge is 2.09. The second-order valence-corrected chi connectivity index (χ2v) is 4.91. The average Bonchev–Trinajstić information content (AvgIpc) is 2.48. The molecule has 0 unspecified atom stereocenters. The number of benzene rings is 2. The van der Waals surface area contributed by atoms with Crippen LogP contribution < -0.4 is 15.4 Å². The molecule has 0 aromatic heterocycles. The van der Waals surface area contributed by atoms with Crippen molar-refractivity contribution in [2.45, 2.75) is 6.92 Å². The van der Waals surface area contributed by atoms with Gasteiger partial charge in [0.05, 0.1) is 7.11 Å². The number of nitrogens with one attached hydrogen (secondary N) is 2. The molecule has 0 aliphatic heterocycles. The quantitative estimate of drug-likeness (QED) is 0.853. The van der Waals surface area contributed by atoms with Crippen molar-refractivity contribution in [1.82, 2.24) is 0 Å². The molecule has 2 rings (SSSR count). The van der Waals surface area contributed by atoms with Crippen LogP contribution in [0.15, 0.2) is 48.5 Å². The fraction of sp³-hybridized carbons (Fsp3) is 0.125. The molecule has 108 valence electrons. The first-order valence-electron chi connectivity index (χ1n) is 6.41. The normalized spacial score (nSPS) is 9.81. The van der Waals surface area contributed by atoms with Crippen molar-refractivity contribution in [2.24, 2.45) is 0 Å². The minimum Gasteiger partial charge on any atom is -0.497 e. The fourth-order valence-electron chi connectivity index (χ4n) is 1.77. The Morgan fingerprint density at radius 2 is 1.76 bits per heavy atom. The molecule has 2 N–H and O–H groups in total.